The van der Waals surface area contributed by atoms with Crippen molar-refractivity contribution < 1.29 is 9.47 Å². The second-order valence-electron chi connectivity index (χ2n) is 7.06. The number of aryl methyl sites for hydroxylation is 1. The van der Waals surface area contributed by atoms with Gasteiger partial charge in [0.25, 0.3) is 0 Å². The lowest BCUT2D eigenvalue weighted by Gasteiger charge is -2.18. The second-order valence-corrected chi connectivity index (χ2v) is 7.06. The van der Waals surface area contributed by atoms with Crippen molar-refractivity contribution in [2.24, 2.45) is 0 Å². The fourth-order valence-electron chi connectivity index (χ4n) is 3.25. The Morgan fingerprint density at radius 1 is 0.935 bits per heavy atom. The molecule has 0 radical (unpaired) electrons. The molecule has 0 aliphatic rings. The number of hydrogen-bond acceptors (Lipinski definition) is 7. The Morgan fingerprint density at radius 3 is 2.65 bits per heavy atom. The summed E-state index contributed by atoms with van der Waals surface area (Å²) >= 11 is 0. The Labute approximate surface area is 181 Å². The standard InChI is InChI=1S/C24H25N5O2/c1-17-13-22(29-24-19-8-3-4-9-20(19)27-16-28-24)21(26-11-12-30-2)14-23(17)31-15-18-7-5-6-10-25-18/h3-10,13-14,16,26H,11-12,15H2,1-2H3,(H,27,28,29). The van der Waals surface area contributed by atoms with Crippen LogP contribution in [0.4, 0.5) is 17.2 Å². The summed E-state index contributed by atoms with van der Waals surface area (Å²) in [5.41, 5.74) is 4.59. The van der Waals surface area contributed by atoms with Crippen LogP contribution in [0.3, 0.4) is 0 Å². The number of benzene rings is 2. The monoisotopic (exact) mass is 415 g/mol. The van der Waals surface area contributed by atoms with Crippen molar-refractivity contribution in [2.75, 3.05) is 30.9 Å². The first kappa shape index (κ1) is 20.6. The predicted molar refractivity (Wildman–Crippen MR) is 123 cm³/mol. The summed E-state index contributed by atoms with van der Waals surface area (Å²) in [7, 11) is 1.68. The molecule has 0 aliphatic heterocycles. The molecule has 0 amide bonds. The zero-order valence-electron chi connectivity index (χ0n) is 17.6. The van der Waals surface area contributed by atoms with Gasteiger partial charge in [-0.3, -0.25) is 4.98 Å². The van der Waals surface area contributed by atoms with Crippen molar-refractivity contribution in [3.05, 3.63) is 78.4 Å². The topological polar surface area (TPSA) is 81.2 Å². The summed E-state index contributed by atoms with van der Waals surface area (Å²) in [6.45, 7) is 3.69. The summed E-state index contributed by atoms with van der Waals surface area (Å²) in [4.78, 5) is 13.1. The van der Waals surface area contributed by atoms with Crippen LogP contribution in [0.1, 0.15) is 11.3 Å². The van der Waals surface area contributed by atoms with Gasteiger partial charge in [-0.05, 0) is 42.8 Å². The van der Waals surface area contributed by atoms with E-state index in [0.717, 1.165) is 45.1 Å². The zero-order valence-corrected chi connectivity index (χ0v) is 17.6. The molecule has 0 unspecified atom stereocenters. The maximum absolute atomic E-state index is 6.06. The SMILES string of the molecule is COCCNc1cc(OCc2ccccn2)c(C)cc1Nc1ncnc2ccccc12. The summed E-state index contributed by atoms with van der Waals surface area (Å²) in [6.07, 6.45) is 3.34. The van der Waals surface area contributed by atoms with Gasteiger partial charge >= 0.3 is 0 Å². The van der Waals surface area contributed by atoms with Crippen LogP contribution in [0, 0.1) is 6.92 Å². The zero-order chi connectivity index (χ0) is 21.5. The molecule has 0 saturated heterocycles. The van der Waals surface area contributed by atoms with Crippen LogP contribution in [-0.2, 0) is 11.3 Å². The van der Waals surface area contributed by atoms with Gasteiger partial charge in [0, 0.05) is 31.3 Å². The van der Waals surface area contributed by atoms with Crippen molar-refractivity contribution >= 4 is 28.1 Å². The third kappa shape index (κ3) is 5.07. The van der Waals surface area contributed by atoms with Crippen molar-refractivity contribution in [3.63, 3.8) is 0 Å². The number of nitrogens with one attached hydrogen (secondary N) is 2. The minimum Gasteiger partial charge on any atom is -0.487 e. The van der Waals surface area contributed by atoms with E-state index in [4.69, 9.17) is 9.47 Å². The number of nitrogens with zero attached hydrogens (tertiary/aromatic N) is 3. The van der Waals surface area contributed by atoms with Gasteiger partial charge in [0.15, 0.2) is 0 Å². The predicted octanol–water partition coefficient (Wildman–Crippen LogP) is 4.71. The van der Waals surface area contributed by atoms with E-state index in [0.29, 0.717) is 19.8 Å². The first-order valence-electron chi connectivity index (χ1n) is 10.1. The van der Waals surface area contributed by atoms with E-state index in [1.807, 2.05) is 55.5 Å². The number of rotatable bonds is 9. The van der Waals surface area contributed by atoms with Crippen LogP contribution in [0.25, 0.3) is 10.9 Å². The molecule has 0 aliphatic carbocycles. The Morgan fingerprint density at radius 2 is 1.81 bits per heavy atom. The Bertz CT molecular complexity index is 1150. The highest BCUT2D eigenvalue weighted by Crippen LogP contribution is 2.34. The first-order valence-corrected chi connectivity index (χ1v) is 10.1. The normalized spacial score (nSPS) is 10.8. The molecular weight excluding hydrogens is 390 g/mol. The van der Waals surface area contributed by atoms with Gasteiger partial charge in [-0.2, -0.15) is 0 Å². The fraction of sp³-hybridized carbons (Fsp3) is 0.208. The number of methoxy groups -OCH3 is 1. The number of pyridine rings is 1. The smallest absolute Gasteiger partial charge is 0.141 e. The Hall–Kier alpha value is -3.71. The van der Waals surface area contributed by atoms with Crippen LogP contribution in [0.5, 0.6) is 5.75 Å². The number of hydrogen-bond donors (Lipinski definition) is 2. The molecule has 7 heteroatoms. The van der Waals surface area contributed by atoms with Crippen LogP contribution < -0.4 is 15.4 Å². The van der Waals surface area contributed by atoms with E-state index in [1.165, 1.54) is 0 Å². The van der Waals surface area contributed by atoms with Gasteiger partial charge in [-0.15, -0.1) is 0 Å². The number of para-hydroxylation sites is 1. The van der Waals surface area contributed by atoms with Gasteiger partial charge in [-0.25, -0.2) is 9.97 Å². The summed E-state index contributed by atoms with van der Waals surface area (Å²) in [6, 6.07) is 17.8. The van der Waals surface area contributed by atoms with Gasteiger partial charge < -0.3 is 20.1 Å². The minimum absolute atomic E-state index is 0.405. The Balaban J connectivity index is 1.63. The lowest BCUT2D eigenvalue weighted by molar-refractivity contribution is 0.211. The minimum atomic E-state index is 0.405. The lowest BCUT2D eigenvalue weighted by atomic mass is 10.1. The summed E-state index contributed by atoms with van der Waals surface area (Å²) in [5, 5.41) is 7.84. The van der Waals surface area contributed by atoms with E-state index < -0.39 is 0 Å². The quantitative estimate of drug-likeness (QED) is 0.383. The molecule has 7 nitrogen and oxygen atoms in total. The van der Waals surface area contributed by atoms with E-state index in [2.05, 4.69) is 31.7 Å². The number of ether oxygens (including phenoxy) is 2. The highest BCUT2D eigenvalue weighted by atomic mass is 16.5. The molecule has 0 fully saturated rings. The molecule has 2 heterocycles. The second kappa shape index (κ2) is 9.86. The maximum atomic E-state index is 6.06. The Kier molecular flexibility index (Phi) is 6.54. The summed E-state index contributed by atoms with van der Waals surface area (Å²) < 4.78 is 11.3. The molecule has 0 spiro atoms. The average molecular weight is 415 g/mol. The highest BCUT2D eigenvalue weighted by Gasteiger charge is 2.12. The molecule has 0 atom stereocenters. The van der Waals surface area contributed by atoms with Crippen LogP contribution in [-0.4, -0.2) is 35.2 Å². The van der Waals surface area contributed by atoms with E-state index >= 15 is 0 Å². The number of anilines is 3. The van der Waals surface area contributed by atoms with Gasteiger partial charge in [0.2, 0.25) is 0 Å². The van der Waals surface area contributed by atoms with Gasteiger partial charge in [0.1, 0.15) is 24.5 Å². The maximum Gasteiger partial charge on any atom is 0.141 e. The van der Waals surface area contributed by atoms with E-state index in [1.54, 1.807) is 19.6 Å². The molecular formula is C24H25N5O2. The van der Waals surface area contributed by atoms with Crippen LogP contribution in [0.15, 0.2) is 67.1 Å². The largest absolute Gasteiger partial charge is 0.487 e. The molecule has 0 bridgehead atoms. The molecule has 4 aromatic rings. The van der Waals surface area contributed by atoms with Crippen LogP contribution in [0.2, 0.25) is 0 Å². The van der Waals surface area contributed by atoms with Crippen molar-refractivity contribution in [1.82, 2.24) is 15.0 Å². The van der Waals surface area contributed by atoms with Crippen molar-refractivity contribution in [2.45, 2.75) is 13.5 Å². The third-order valence-electron chi connectivity index (χ3n) is 4.83. The molecule has 4 rings (SSSR count). The van der Waals surface area contributed by atoms with Crippen molar-refractivity contribution in [1.29, 1.82) is 0 Å². The van der Waals surface area contributed by atoms with Crippen molar-refractivity contribution in [3.8, 4) is 5.75 Å². The van der Waals surface area contributed by atoms with Gasteiger partial charge in [-0.1, -0.05) is 18.2 Å². The molecule has 158 valence electrons. The molecule has 31 heavy (non-hydrogen) atoms. The van der Waals surface area contributed by atoms with Gasteiger partial charge in [0.05, 0.1) is 29.2 Å². The lowest BCUT2D eigenvalue weighted by Crippen LogP contribution is -2.10. The molecule has 2 N–H and O–H groups in total. The molecule has 2 aromatic heterocycles. The van der Waals surface area contributed by atoms with E-state index in [-0.39, 0.29) is 0 Å². The van der Waals surface area contributed by atoms with E-state index in [9.17, 15) is 0 Å². The fourth-order valence-corrected chi connectivity index (χ4v) is 3.25. The first-order chi connectivity index (χ1) is 15.2. The number of fused-ring (bicyclic) bond motifs is 1. The van der Waals surface area contributed by atoms with Crippen LogP contribution >= 0.6 is 0 Å². The third-order valence-corrected chi connectivity index (χ3v) is 4.83. The highest BCUT2D eigenvalue weighted by molar-refractivity contribution is 5.92. The summed E-state index contributed by atoms with van der Waals surface area (Å²) in [5.74, 6) is 1.55. The average Bonchev–Trinajstić information content (AvgIpc) is 2.80. The molecule has 0 saturated carbocycles. The molecule has 2 aromatic carbocycles. The number of aromatic nitrogens is 3.